The number of benzene rings is 1. The van der Waals surface area contributed by atoms with E-state index in [4.69, 9.17) is 0 Å². The van der Waals surface area contributed by atoms with Crippen LogP contribution in [0.4, 0.5) is 0 Å². The molecule has 96 valence electrons. The Morgan fingerprint density at radius 2 is 1.22 bits per heavy atom. The molecule has 0 N–H and O–H groups in total. The number of carbonyl (C=O) groups excluding carboxylic acids is 2. The SMILES string of the molecule is CC/C=c1\c(C(C)=O)ccc(C(C)=O)\c1=C/CC. The minimum absolute atomic E-state index is 0.0376. The van der Waals surface area contributed by atoms with E-state index in [1.807, 2.05) is 26.0 Å². The Labute approximate surface area is 108 Å². The van der Waals surface area contributed by atoms with Crippen molar-refractivity contribution >= 4 is 23.7 Å². The van der Waals surface area contributed by atoms with Crippen LogP contribution in [0.3, 0.4) is 0 Å². The second-order valence-electron chi connectivity index (χ2n) is 4.33. The Morgan fingerprint density at radius 3 is 1.44 bits per heavy atom. The van der Waals surface area contributed by atoms with E-state index in [1.165, 1.54) is 0 Å². The van der Waals surface area contributed by atoms with Crippen molar-refractivity contribution in [2.24, 2.45) is 0 Å². The Morgan fingerprint density at radius 1 is 0.889 bits per heavy atom. The molecule has 0 spiro atoms. The summed E-state index contributed by atoms with van der Waals surface area (Å²) < 4.78 is 0. The molecule has 0 fully saturated rings. The molecular weight excluding hydrogens is 224 g/mol. The quantitative estimate of drug-likeness (QED) is 0.762. The Kier molecular flexibility index (Phi) is 5.02. The molecule has 0 saturated heterocycles. The van der Waals surface area contributed by atoms with E-state index in [0.29, 0.717) is 11.1 Å². The van der Waals surface area contributed by atoms with Crippen LogP contribution in [0.25, 0.3) is 12.2 Å². The van der Waals surface area contributed by atoms with Crippen molar-refractivity contribution < 1.29 is 9.59 Å². The van der Waals surface area contributed by atoms with Gasteiger partial charge < -0.3 is 0 Å². The maximum absolute atomic E-state index is 11.7. The maximum atomic E-state index is 11.7. The minimum Gasteiger partial charge on any atom is -0.294 e. The second-order valence-corrected chi connectivity index (χ2v) is 4.33. The third-order valence-electron chi connectivity index (χ3n) is 2.86. The van der Waals surface area contributed by atoms with Gasteiger partial charge in [0.1, 0.15) is 0 Å². The van der Waals surface area contributed by atoms with Gasteiger partial charge in [-0.3, -0.25) is 9.59 Å². The molecule has 0 atom stereocenters. The highest BCUT2D eigenvalue weighted by Gasteiger charge is 2.08. The summed E-state index contributed by atoms with van der Waals surface area (Å²) in [7, 11) is 0. The van der Waals surface area contributed by atoms with Crippen molar-refractivity contribution in [1.82, 2.24) is 0 Å². The topological polar surface area (TPSA) is 34.1 Å². The zero-order valence-corrected chi connectivity index (χ0v) is 11.5. The molecule has 2 nitrogen and oxygen atoms in total. The largest absolute Gasteiger partial charge is 0.294 e. The van der Waals surface area contributed by atoms with E-state index in [9.17, 15) is 9.59 Å². The van der Waals surface area contributed by atoms with Gasteiger partial charge in [0.05, 0.1) is 0 Å². The van der Waals surface area contributed by atoms with E-state index in [-0.39, 0.29) is 11.6 Å². The van der Waals surface area contributed by atoms with Crippen molar-refractivity contribution in [3.63, 3.8) is 0 Å². The van der Waals surface area contributed by atoms with Crippen LogP contribution in [0.15, 0.2) is 12.1 Å². The van der Waals surface area contributed by atoms with Gasteiger partial charge in [0, 0.05) is 11.1 Å². The molecule has 0 unspecified atom stereocenters. The van der Waals surface area contributed by atoms with Gasteiger partial charge in [-0.2, -0.15) is 0 Å². The highest BCUT2D eigenvalue weighted by molar-refractivity contribution is 5.98. The summed E-state index contributed by atoms with van der Waals surface area (Å²) in [6.07, 6.45) is 5.72. The summed E-state index contributed by atoms with van der Waals surface area (Å²) in [4.78, 5) is 23.3. The van der Waals surface area contributed by atoms with Crippen LogP contribution in [0.1, 0.15) is 61.3 Å². The zero-order chi connectivity index (χ0) is 13.7. The number of hydrogen-bond acceptors (Lipinski definition) is 2. The first-order valence-electron chi connectivity index (χ1n) is 6.38. The van der Waals surface area contributed by atoms with Gasteiger partial charge in [0.25, 0.3) is 0 Å². The summed E-state index contributed by atoms with van der Waals surface area (Å²) in [6, 6.07) is 3.51. The molecule has 0 aliphatic heterocycles. The third kappa shape index (κ3) is 2.95. The molecule has 18 heavy (non-hydrogen) atoms. The number of rotatable bonds is 4. The van der Waals surface area contributed by atoms with Crippen molar-refractivity contribution in [3.05, 3.63) is 33.7 Å². The number of Topliss-reactive ketones (excluding diaryl/α,β-unsaturated/α-hetero) is 2. The molecule has 2 heteroatoms. The molecule has 1 aromatic carbocycles. The monoisotopic (exact) mass is 244 g/mol. The molecule has 0 heterocycles. The molecule has 0 aliphatic carbocycles. The Bertz CT molecular complexity index is 527. The minimum atomic E-state index is 0.0376. The van der Waals surface area contributed by atoms with Crippen LogP contribution in [-0.4, -0.2) is 11.6 Å². The molecule has 1 rings (SSSR count). The number of hydrogen-bond donors (Lipinski definition) is 0. The Balaban J connectivity index is 3.84. The molecular formula is C16H20O2. The normalized spacial score (nSPS) is 12.9. The predicted molar refractivity (Wildman–Crippen MR) is 75.2 cm³/mol. The van der Waals surface area contributed by atoms with Crippen molar-refractivity contribution in [2.75, 3.05) is 0 Å². The molecule has 0 amide bonds. The molecule has 0 bridgehead atoms. The van der Waals surface area contributed by atoms with Crippen molar-refractivity contribution in [3.8, 4) is 0 Å². The summed E-state index contributed by atoms with van der Waals surface area (Å²) in [5, 5.41) is 1.80. The summed E-state index contributed by atoms with van der Waals surface area (Å²) in [6.45, 7) is 7.18. The smallest absolute Gasteiger partial charge is 0.160 e. The number of carbonyl (C=O) groups is 2. The van der Waals surface area contributed by atoms with Gasteiger partial charge >= 0.3 is 0 Å². The molecule has 0 aromatic heterocycles. The number of ketones is 2. The van der Waals surface area contributed by atoms with E-state index < -0.39 is 0 Å². The van der Waals surface area contributed by atoms with E-state index in [0.717, 1.165) is 23.3 Å². The Hall–Kier alpha value is -1.70. The fourth-order valence-electron chi connectivity index (χ4n) is 2.10. The first kappa shape index (κ1) is 14.4. The van der Waals surface area contributed by atoms with Crippen LogP contribution >= 0.6 is 0 Å². The lowest BCUT2D eigenvalue weighted by molar-refractivity contribution is 0.1000. The van der Waals surface area contributed by atoms with Crippen LogP contribution in [-0.2, 0) is 0 Å². The first-order valence-corrected chi connectivity index (χ1v) is 6.38. The fourth-order valence-corrected chi connectivity index (χ4v) is 2.10. The van der Waals surface area contributed by atoms with Gasteiger partial charge in [0.15, 0.2) is 11.6 Å². The molecule has 1 aromatic rings. The van der Waals surface area contributed by atoms with Crippen LogP contribution in [0, 0.1) is 0 Å². The predicted octanol–water partition coefficient (Wildman–Crippen LogP) is 2.47. The van der Waals surface area contributed by atoms with Crippen LogP contribution < -0.4 is 10.4 Å². The molecule has 0 aliphatic rings. The average molecular weight is 244 g/mol. The van der Waals surface area contributed by atoms with Crippen LogP contribution in [0.5, 0.6) is 0 Å². The van der Waals surface area contributed by atoms with Crippen LogP contribution in [0.2, 0.25) is 0 Å². The average Bonchev–Trinajstić information content (AvgIpc) is 2.30. The highest BCUT2D eigenvalue weighted by Crippen LogP contribution is 1.98. The first-order chi connectivity index (χ1) is 8.52. The lowest BCUT2D eigenvalue weighted by Crippen LogP contribution is -2.34. The summed E-state index contributed by atoms with van der Waals surface area (Å²) >= 11 is 0. The van der Waals surface area contributed by atoms with E-state index >= 15 is 0 Å². The fraction of sp³-hybridized carbons (Fsp3) is 0.375. The lowest BCUT2D eigenvalue weighted by atomic mass is 9.99. The third-order valence-corrected chi connectivity index (χ3v) is 2.86. The molecule has 0 radical (unpaired) electrons. The highest BCUT2D eigenvalue weighted by atomic mass is 16.1. The lowest BCUT2D eigenvalue weighted by Gasteiger charge is -2.04. The van der Waals surface area contributed by atoms with Gasteiger partial charge in [0.2, 0.25) is 0 Å². The van der Waals surface area contributed by atoms with Gasteiger partial charge in [-0.25, -0.2) is 0 Å². The van der Waals surface area contributed by atoms with E-state index in [1.54, 1.807) is 26.0 Å². The van der Waals surface area contributed by atoms with Crippen molar-refractivity contribution in [1.29, 1.82) is 0 Å². The van der Waals surface area contributed by atoms with E-state index in [2.05, 4.69) is 0 Å². The summed E-state index contributed by atoms with van der Waals surface area (Å²) in [5.74, 6) is 0.0751. The van der Waals surface area contributed by atoms with Gasteiger partial charge in [-0.15, -0.1) is 0 Å². The molecule has 0 saturated carbocycles. The standard InChI is InChI=1S/C16H20O2/c1-5-7-15-13(11(3)17)9-10-14(12(4)18)16(15)8-6-2/h7-10H,5-6H2,1-4H3/b15-7+,16-8+. The van der Waals surface area contributed by atoms with Crippen molar-refractivity contribution in [2.45, 2.75) is 40.5 Å². The summed E-state index contributed by atoms with van der Waals surface area (Å²) in [5.41, 5.74) is 1.39. The van der Waals surface area contributed by atoms with Gasteiger partial charge in [-0.05, 0) is 37.1 Å². The maximum Gasteiger partial charge on any atom is 0.160 e. The van der Waals surface area contributed by atoms with Gasteiger partial charge in [-0.1, -0.05) is 38.1 Å². The second kappa shape index (κ2) is 6.29. The zero-order valence-electron chi connectivity index (χ0n) is 11.5.